The topological polar surface area (TPSA) is 50.4 Å². The lowest BCUT2D eigenvalue weighted by Gasteiger charge is -2.20. The van der Waals surface area contributed by atoms with Gasteiger partial charge in [-0.25, -0.2) is 9.18 Å². The number of benzene rings is 1. The monoisotopic (exact) mass is 372 g/mol. The van der Waals surface area contributed by atoms with Crippen LogP contribution in [0.25, 0.3) is 0 Å². The highest BCUT2D eigenvalue weighted by atomic mass is 79.9. The van der Waals surface area contributed by atoms with Crippen LogP contribution in [0.1, 0.15) is 45.7 Å². The lowest BCUT2D eigenvalue weighted by molar-refractivity contribution is 0.0522. The number of hydrogen-bond donors (Lipinski definition) is 2. The van der Waals surface area contributed by atoms with Crippen LogP contribution in [0, 0.1) is 5.82 Å². The molecule has 3 atom stereocenters. The number of alkyl carbamates (subject to hydrolysis) is 1. The second-order valence-corrected chi connectivity index (χ2v) is 7.50. The summed E-state index contributed by atoms with van der Waals surface area (Å²) in [5.41, 5.74) is 0.498. The molecule has 1 aromatic rings. The van der Waals surface area contributed by atoms with Crippen molar-refractivity contribution in [2.45, 2.75) is 57.8 Å². The zero-order valence-electron chi connectivity index (χ0n) is 13.2. The van der Waals surface area contributed by atoms with Crippen LogP contribution in [0.2, 0.25) is 0 Å². The van der Waals surface area contributed by atoms with Gasteiger partial charge in [-0.3, -0.25) is 0 Å². The van der Waals surface area contributed by atoms with Gasteiger partial charge >= 0.3 is 6.09 Å². The second-order valence-electron chi connectivity index (χ2n) is 6.65. The largest absolute Gasteiger partial charge is 0.444 e. The summed E-state index contributed by atoms with van der Waals surface area (Å²) in [5.74, 6) is -0.265. The van der Waals surface area contributed by atoms with Crippen molar-refractivity contribution in [3.05, 3.63) is 34.1 Å². The predicted octanol–water partition coefficient (Wildman–Crippen LogP) is 3.90. The molecule has 1 aliphatic carbocycles. The molecule has 1 amide bonds. The third-order valence-corrected chi connectivity index (χ3v) is 4.07. The molecule has 2 rings (SSSR count). The average molecular weight is 373 g/mol. The Balaban J connectivity index is 1.82. The Labute approximate surface area is 138 Å². The number of halogens is 2. The normalized spacial score (nSPS) is 22.1. The maximum atomic E-state index is 13.1. The second kappa shape index (κ2) is 6.54. The lowest BCUT2D eigenvalue weighted by Crippen LogP contribution is -2.37. The van der Waals surface area contributed by atoms with Crippen molar-refractivity contribution in [1.82, 2.24) is 10.6 Å². The van der Waals surface area contributed by atoms with Crippen LogP contribution >= 0.6 is 15.9 Å². The van der Waals surface area contributed by atoms with E-state index in [1.165, 1.54) is 12.1 Å². The molecule has 0 radical (unpaired) electrons. The summed E-state index contributed by atoms with van der Waals surface area (Å²) in [6.45, 7) is 7.52. The number of carbonyl (C=O) groups excluding carboxylic acids is 1. The molecule has 0 saturated heterocycles. The molecule has 122 valence electrons. The molecule has 0 aromatic heterocycles. The quantitative estimate of drug-likeness (QED) is 0.842. The van der Waals surface area contributed by atoms with Crippen molar-refractivity contribution in [2.75, 3.05) is 0 Å². The van der Waals surface area contributed by atoms with E-state index in [1.807, 2.05) is 27.7 Å². The summed E-state index contributed by atoms with van der Waals surface area (Å²) >= 11 is 3.38. The standard InChI is InChI=1S/C16H22BrFN2O2/c1-9(11-6-5-10(18)7-12(11)17)19-13-8-14(13)20-15(21)22-16(2,3)4/h5-7,9,13-14,19H,8H2,1-4H3,(H,20,21). The Hall–Kier alpha value is -1.14. The van der Waals surface area contributed by atoms with Gasteiger partial charge in [0.1, 0.15) is 11.4 Å². The van der Waals surface area contributed by atoms with Gasteiger partial charge in [0.15, 0.2) is 0 Å². The van der Waals surface area contributed by atoms with E-state index in [1.54, 1.807) is 6.07 Å². The minimum Gasteiger partial charge on any atom is -0.444 e. The van der Waals surface area contributed by atoms with E-state index in [0.29, 0.717) is 0 Å². The Morgan fingerprint density at radius 2 is 2.09 bits per heavy atom. The molecular weight excluding hydrogens is 351 g/mol. The average Bonchev–Trinajstić information content (AvgIpc) is 3.03. The molecular formula is C16H22BrFN2O2. The Kier molecular flexibility index (Phi) is 5.12. The summed E-state index contributed by atoms with van der Waals surface area (Å²) in [6.07, 6.45) is 0.472. The minimum atomic E-state index is -0.492. The van der Waals surface area contributed by atoms with E-state index in [4.69, 9.17) is 4.74 Å². The molecule has 6 heteroatoms. The zero-order valence-corrected chi connectivity index (χ0v) is 14.8. The van der Waals surface area contributed by atoms with Crippen molar-refractivity contribution in [2.24, 2.45) is 0 Å². The van der Waals surface area contributed by atoms with Gasteiger partial charge in [-0.2, -0.15) is 0 Å². The van der Waals surface area contributed by atoms with Crippen molar-refractivity contribution in [3.8, 4) is 0 Å². The third-order valence-electron chi connectivity index (χ3n) is 3.39. The summed E-state index contributed by atoms with van der Waals surface area (Å²) < 4.78 is 19.1. The van der Waals surface area contributed by atoms with Crippen LogP contribution in [0.4, 0.5) is 9.18 Å². The molecule has 0 bridgehead atoms. The van der Waals surface area contributed by atoms with Gasteiger partial charge in [0.05, 0.1) is 0 Å². The molecule has 4 nitrogen and oxygen atoms in total. The van der Waals surface area contributed by atoms with Gasteiger partial charge < -0.3 is 15.4 Å². The Morgan fingerprint density at radius 1 is 1.41 bits per heavy atom. The molecule has 1 aromatic carbocycles. The SMILES string of the molecule is CC(NC1CC1NC(=O)OC(C)(C)C)c1ccc(F)cc1Br. The van der Waals surface area contributed by atoms with Crippen molar-refractivity contribution < 1.29 is 13.9 Å². The minimum absolute atomic E-state index is 0.0606. The lowest BCUT2D eigenvalue weighted by atomic mass is 10.1. The highest BCUT2D eigenvalue weighted by Crippen LogP contribution is 2.29. The predicted molar refractivity (Wildman–Crippen MR) is 87.2 cm³/mol. The van der Waals surface area contributed by atoms with Crippen LogP contribution in [0.5, 0.6) is 0 Å². The highest BCUT2D eigenvalue weighted by Gasteiger charge is 2.40. The van der Waals surface area contributed by atoms with E-state index in [-0.39, 0.29) is 23.9 Å². The van der Waals surface area contributed by atoms with Gasteiger partial charge in [-0.05, 0) is 51.8 Å². The molecule has 0 aliphatic heterocycles. The first-order valence-electron chi connectivity index (χ1n) is 7.36. The maximum Gasteiger partial charge on any atom is 0.407 e. The van der Waals surface area contributed by atoms with Gasteiger partial charge in [-0.15, -0.1) is 0 Å². The molecule has 0 spiro atoms. The van der Waals surface area contributed by atoms with Gasteiger partial charge in [0.25, 0.3) is 0 Å². The fraction of sp³-hybridized carbons (Fsp3) is 0.562. The van der Waals surface area contributed by atoms with Gasteiger partial charge in [0.2, 0.25) is 0 Å². The zero-order chi connectivity index (χ0) is 16.5. The number of amides is 1. The number of rotatable bonds is 4. The molecule has 22 heavy (non-hydrogen) atoms. The van der Waals surface area contributed by atoms with Crippen molar-refractivity contribution in [3.63, 3.8) is 0 Å². The van der Waals surface area contributed by atoms with Crippen molar-refractivity contribution >= 4 is 22.0 Å². The molecule has 1 aliphatic rings. The van der Waals surface area contributed by atoms with E-state index in [9.17, 15) is 9.18 Å². The van der Waals surface area contributed by atoms with Crippen LogP contribution in [-0.4, -0.2) is 23.8 Å². The highest BCUT2D eigenvalue weighted by molar-refractivity contribution is 9.10. The van der Waals surface area contributed by atoms with Crippen LogP contribution in [-0.2, 0) is 4.74 Å². The van der Waals surface area contributed by atoms with Crippen molar-refractivity contribution in [1.29, 1.82) is 0 Å². The number of hydrogen-bond acceptors (Lipinski definition) is 3. The fourth-order valence-electron chi connectivity index (χ4n) is 2.26. The summed E-state index contributed by atoms with van der Waals surface area (Å²) in [5, 5.41) is 6.27. The molecule has 1 fully saturated rings. The molecule has 3 unspecified atom stereocenters. The summed E-state index contributed by atoms with van der Waals surface area (Å²) in [4.78, 5) is 11.7. The Morgan fingerprint density at radius 3 is 2.68 bits per heavy atom. The first kappa shape index (κ1) is 17.2. The first-order chi connectivity index (χ1) is 10.2. The maximum absolute atomic E-state index is 13.1. The summed E-state index contributed by atoms with van der Waals surface area (Å²) in [6, 6.07) is 5.01. The van der Waals surface area contributed by atoms with Crippen LogP contribution in [0.15, 0.2) is 22.7 Å². The molecule has 2 N–H and O–H groups in total. The molecule has 0 heterocycles. The Bertz CT molecular complexity index is 560. The number of carbonyl (C=O) groups is 1. The fourth-order valence-corrected chi connectivity index (χ4v) is 2.96. The first-order valence-corrected chi connectivity index (χ1v) is 8.15. The molecule has 1 saturated carbocycles. The summed E-state index contributed by atoms with van der Waals surface area (Å²) in [7, 11) is 0. The van der Waals surface area contributed by atoms with Crippen LogP contribution in [0.3, 0.4) is 0 Å². The number of nitrogens with one attached hydrogen (secondary N) is 2. The smallest absolute Gasteiger partial charge is 0.407 e. The van der Waals surface area contributed by atoms with E-state index < -0.39 is 11.7 Å². The van der Waals surface area contributed by atoms with E-state index in [0.717, 1.165) is 16.5 Å². The van der Waals surface area contributed by atoms with E-state index in [2.05, 4.69) is 26.6 Å². The van der Waals surface area contributed by atoms with Gasteiger partial charge in [0, 0.05) is 22.6 Å². The van der Waals surface area contributed by atoms with Gasteiger partial charge in [-0.1, -0.05) is 22.0 Å². The van der Waals surface area contributed by atoms with E-state index >= 15 is 0 Å². The number of ether oxygens (including phenoxy) is 1. The van der Waals surface area contributed by atoms with Crippen LogP contribution < -0.4 is 10.6 Å². The third kappa shape index (κ3) is 4.95.